The minimum atomic E-state index is -0.922. The summed E-state index contributed by atoms with van der Waals surface area (Å²) in [4.78, 5) is 12.9. The first-order valence-corrected chi connectivity index (χ1v) is 7.01. The van der Waals surface area contributed by atoms with E-state index in [1.165, 1.54) is 11.6 Å². The number of carboxylic acids is 1. The van der Waals surface area contributed by atoms with Crippen molar-refractivity contribution in [1.82, 2.24) is 4.90 Å². The van der Waals surface area contributed by atoms with Crippen LogP contribution in [0.4, 0.5) is 0 Å². The molecule has 1 heterocycles. The Hall–Kier alpha value is -1.65. The van der Waals surface area contributed by atoms with Crippen LogP contribution < -0.4 is 0 Å². The lowest BCUT2D eigenvalue weighted by Gasteiger charge is -2.32. The van der Waals surface area contributed by atoms with Gasteiger partial charge in [-0.15, -0.1) is 0 Å². The zero-order valence-corrected chi connectivity index (χ0v) is 11.8. The van der Waals surface area contributed by atoms with E-state index in [9.17, 15) is 4.79 Å². The van der Waals surface area contributed by atoms with Crippen LogP contribution in [0.1, 0.15) is 24.5 Å². The van der Waals surface area contributed by atoms with Crippen molar-refractivity contribution in [3.8, 4) is 0 Å². The lowest BCUT2D eigenvalue weighted by atomic mass is 10.1. The van der Waals surface area contributed by atoms with Crippen LogP contribution in [-0.4, -0.2) is 41.8 Å². The number of hydrogen-bond donors (Lipinski definition) is 1. The van der Waals surface area contributed by atoms with E-state index in [2.05, 4.69) is 17.9 Å². The molecule has 0 aromatic heterocycles. The van der Waals surface area contributed by atoms with Gasteiger partial charge in [0.1, 0.15) is 0 Å². The largest absolute Gasteiger partial charge is 0.478 e. The molecule has 1 aliphatic rings. The fraction of sp³-hybridized carbons (Fsp3) is 0.438. The first-order chi connectivity index (χ1) is 9.67. The van der Waals surface area contributed by atoms with E-state index >= 15 is 0 Å². The van der Waals surface area contributed by atoms with Crippen molar-refractivity contribution in [2.24, 2.45) is 0 Å². The van der Waals surface area contributed by atoms with Crippen molar-refractivity contribution in [2.45, 2.75) is 26.0 Å². The molecule has 0 radical (unpaired) electrons. The van der Waals surface area contributed by atoms with Gasteiger partial charge in [-0.1, -0.05) is 31.2 Å². The predicted octanol–water partition coefficient (Wildman–Crippen LogP) is 2.40. The molecular formula is C16H21NO3. The summed E-state index contributed by atoms with van der Waals surface area (Å²) < 4.78 is 5.67. The molecule has 108 valence electrons. The maximum atomic E-state index is 10.5. The first kappa shape index (κ1) is 14.8. The molecule has 1 aromatic rings. The Kier molecular flexibility index (Phi) is 5.32. The Labute approximate surface area is 119 Å². The summed E-state index contributed by atoms with van der Waals surface area (Å²) in [7, 11) is 0. The van der Waals surface area contributed by atoms with Crippen LogP contribution in [0, 0.1) is 0 Å². The maximum Gasteiger partial charge on any atom is 0.328 e. The average Bonchev–Trinajstić information content (AvgIpc) is 2.46. The summed E-state index contributed by atoms with van der Waals surface area (Å²) >= 11 is 0. The molecule has 4 heteroatoms. The van der Waals surface area contributed by atoms with E-state index in [0.29, 0.717) is 6.10 Å². The zero-order valence-electron chi connectivity index (χ0n) is 11.8. The molecule has 20 heavy (non-hydrogen) atoms. The van der Waals surface area contributed by atoms with Gasteiger partial charge >= 0.3 is 5.97 Å². The molecule has 0 saturated carbocycles. The minimum Gasteiger partial charge on any atom is -0.478 e. The molecule has 1 atom stereocenters. The summed E-state index contributed by atoms with van der Waals surface area (Å²) in [6.45, 7) is 5.73. The van der Waals surface area contributed by atoms with Crippen molar-refractivity contribution in [2.75, 3.05) is 19.7 Å². The highest BCUT2D eigenvalue weighted by Gasteiger charge is 2.18. The zero-order chi connectivity index (χ0) is 14.4. The third-order valence-corrected chi connectivity index (χ3v) is 3.45. The molecule has 1 aliphatic heterocycles. The van der Waals surface area contributed by atoms with Crippen LogP contribution in [0.2, 0.25) is 0 Å². The lowest BCUT2D eigenvalue weighted by molar-refractivity contribution is -0.131. The van der Waals surface area contributed by atoms with Crippen LogP contribution in [0.5, 0.6) is 0 Å². The second-order valence-corrected chi connectivity index (χ2v) is 5.05. The van der Waals surface area contributed by atoms with Gasteiger partial charge in [-0.25, -0.2) is 4.79 Å². The van der Waals surface area contributed by atoms with Crippen LogP contribution >= 0.6 is 0 Å². The van der Waals surface area contributed by atoms with Gasteiger partial charge in [0.15, 0.2) is 0 Å². The highest BCUT2D eigenvalue weighted by Crippen LogP contribution is 2.14. The smallest absolute Gasteiger partial charge is 0.328 e. The van der Waals surface area contributed by atoms with E-state index < -0.39 is 5.97 Å². The van der Waals surface area contributed by atoms with Crippen molar-refractivity contribution in [1.29, 1.82) is 0 Å². The lowest BCUT2D eigenvalue weighted by Crippen LogP contribution is -2.41. The Morgan fingerprint density at radius 3 is 3.15 bits per heavy atom. The first-order valence-electron chi connectivity index (χ1n) is 7.01. The second-order valence-electron chi connectivity index (χ2n) is 5.05. The third kappa shape index (κ3) is 4.47. The van der Waals surface area contributed by atoms with Gasteiger partial charge in [0.05, 0.1) is 12.7 Å². The molecule has 2 rings (SSSR count). The SMILES string of the molecule is CCC1CN(Cc2cccc(C=CC(=O)O)c2)CCO1. The Morgan fingerprint density at radius 2 is 2.40 bits per heavy atom. The Balaban J connectivity index is 1.98. The van der Waals surface area contributed by atoms with E-state index in [1.807, 2.05) is 18.2 Å². The molecule has 1 aromatic carbocycles. The van der Waals surface area contributed by atoms with Crippen LogP contribution in [0.15, 0.2) is 30.3 Å². The van der Waals surface area contributed by atoms with E-state index in [-0.39, 0.29) is 0 Å². The molecule has 0 spiro atoms. The van der Waals surface area contributed by atoms with Crippen molar-refractivity contribution in [3.05, 3.63) is 41.5 Å². The number of benzene rings is 1. The fourth-order valence-electron chi connectivity index (χ4n) is 2.39. The number of nitrogens with zero attached hydrogens (tertiary/aromatic N) is 1. The summed E-state index contributed by atoms with van der Waals surface area (Å²) in [6, 6.07) is 8.00. The highest BCUT2D eigenvalue weighted by molar-refractivity contribution is 5.85. The van der Waals surface area contributed by atoms with Gasteiger partial charge in [-0.05, 0) is 23.6 Å². The van der Waals surface area contributed by atoms with Gasteiger partial charge < -0.3 is 9.84 Å². The summed E-state index contributed by atoms with van der Waals surface area (Å²) in [6.07, 6.45) is 4.16. The number of rotatable bonds is 5. The molecule has 1 fully saturated rings. The van der Waals surface area contributed by atoms with Crippen molar-refractivity contribution < 1.29 is 14.6 Å². The Bertz CT molecular complexity index is 484. The minimum absolute atomic E-state index is 0.332. The summed E-state index contributed by atoms with van der Waals surface area (Å²) in [5, 5.41) is 8.65. The summed E-state index contributed by atoms with van der Waals surface area (Å²) in [5.41, 5.74) is 2.12. The quantitative estimate of drug-likeness (QED) is 0.838. The van der Waals surface area contributed by atoms with Gasteiger partial charge in [0.2, 0.25) is 0 Å². The molecule has 1 saturated heterocycles. The van der Waals surface area contributed by atoms with Crippen LogP contribution in [0.3, 0.4) is 0 Å². The average molecular weight is 275 g/mol. The van der Waals surface area contributed by atoms with E-state index in [4.69, 9.17) is 9.84 Å². The maximum absolute atomic E-state index is 10.5. The molecular weight excluding hydrogens is 254 g/mol. The van der Waals surface area contributed by atoms with Crippen LogP contribution in [0.25, 0.3) is 6.08 Å². The molecule has 4 nitrogen and oxygen atoms in total. The molecule has 1 N–H and O–H groups in total. The van der Waals surface area contributed by atoms with Crippen LogP contribution in [-0.2, 0) is 16.1 Å². The van der Waals surface area contributed by atoms with Gasteiger partial charge in [-0.3, -0.25) is 4.90 Å². The standard InChI is InChI=1S/C16H21NO3/c1-2-15-12-17(8-9-20-15)11-14-5-3-4-13(10-14)6-7-16(18)19/h3-7,10,15H,2,8-9,11-12H2,1H3,(H,18,19). The number of carbonyl (C=O) groups is 1. The monoisotopic (exact) mass is 275 g/mol. The molecule has 1 unspecified atom stereocenters. The van der Waals surface area contributed by atoms with Gasteiger partial charge in [0.25, 0.3) is 0 Å². The highest BCUT2D eigenvalue weighted by atomic mass is 16.5. The number of aliphatic carboxylic acids is 1. The normalized spacial score (nSPS) is 20.4. The topological polar surface area (TPSA) is 49.8 Å². The fourth-order valence-corrected chi connectivity index (χ4v) is 2.39. The summed E-state index contributed by atoms with van der Waals surface area (Å²) in [5.74, 6) is -0.922. The molecule has 0 bridgehead atoms. The predicted molar refractivity (Wildman–Crippen MR) is 78.4 cm³/mol. The van der Waals surface area contributed by atoms with Crippen molar-refractivity contribution >= 4 is 12.0 Å². The number of hydrogen-bond acceptors (Lipinski definition) is 3. The number of carboxylic acid groups (broad SMARTS) is 1. The number of ether oxygens (including phenoxy) is 1. The van der Waals surface area contributed by atoms with Gasteiger partial charge in [-0.2, -0.15) is 0 Å². The van der Waals surface area contributed by atoms with E-state index in [0.717, 1.165) is 38.2 Å². The second kappa shape index (κ2) is 7.22. The van der Waals surface area contributed by atoms with E-state index in [1.54, 1.807) is 6.08 Å². The third-order valence-electron chi connectivity index (χ3n) is 3.45. The van der Waals surface area contributed by atoms with Gasteiger partial charge in [0, 0.05) is 25.7 Å². The van der Waals surface area contributed by atoms with Crippen molar-refractivity contribution in [3.63, 3.8) is 0 Å². The number of morpholine rings is 1. The Morgan fingerprint density at radius 1 is 1.55 bits per heavy atom. The molecule has 0 aliphatic carbocycles. The molecule has 0 amide bonds.